The van der Waals surface area contributed by atoms with Crippen molar-refractivity contribution < 1.29 is 14.3 Å². The monoisotopic (exact) mass is 450 g/mol. The van der Waals surface area contributed by atoms with E-state index in [-0.39, 0.29) is 23.8 Å². The highest BCUT2D eigenvalue weighted by Gasteiger charge is 2.32. The number of likely N-dealkylation sites (tertiary alicyclic amines) is 1. The maximum Gasteiger partial charge on any atom is 0.274 e. The van der Waals surface area contributed by atoms with E-state index < -0.39 is 0 Å². The number of benzene rings is 1. The normalized spacial score (nSPS) is 22.1. The molecule has 7 nitrogen and oxygen atoms in total. The van der Waals surface area contributed by atoms with Crippen LogP contribution in [0.3, 0.4) is 0 Å². The minimum absolute atomic E-state index is 0.00508. The van der Waals surface area contributed by atoms with Crippen LogP contribution in [-0.4, -0.2) is 45.4 Å². The molecule has 7 heteroatoms. The van der Waals surface area contributed by atoms with Crippen molar-refractivity contribution in [3.05, 3.63) is 53.1 Å². The Hall–Kier alpha value is -2.67. The number of ether oxygens (including phenoxy) is 1. The number of imidazole rings is 1. The first kappa shape index (κ1) is 22.1. The van der Waals surface area contributed by atoms with Crippen LogP contribution in [0.25, 0.3) is 0 Å². The first-order valence-electron chi connectivity index (χ1n) is 12.4. The molecule has 2 amide bonds. The van der Waals surface area contributed by atoms with Gasteiger partial charge in [-0.15, -0.1) is 0 Å². The van der Waals surface area contributed by atoms with E-state index in [9.17, 15) is 9.59 Å². The maximum atomic E-state index is 13.2. The lowest BCUT2D eigenvalue weighted by Gasteiger charge is -2.33. The zero-order chi connectivity index (χ0) is 22.8. The van der Waals surface area contributed by atoms with Gasteiger partial charge >= 0.3 is 0 Å². The van der Waals surface area contributed by atoms with Crippen molar-refractivity contribution in [2.45, 2.75) is 77.2 Å². The molecule has 2 aromatic rings. The van der Waals surface area contributed by atoms with Crippen molar-refractivity contribution >= 4 is 11.8 Å². The molecule has 2 aliphatic heterocycles. The molecule has 1 saturated heterocycles. The molecule has 176 valence electrons. The van der Waals surface area contributed by atoms with Gasteiger partial charge in [-0.3, -0.25) is 9.59 Å². The number of piperidine rings is 1. The molecule has 1 aromatic heterocycles. The van der Waals surface area contributed by atoms with Crippen LogP contribution in [0.1, 0.15) is 78.4 Å². The van der Waals surface area contributed by atoms with Gasteiger partial charge in [0.2, 0.25) is 5.91 Å². The number of nitrogens with zero attached hydrogens (tertiary/aromatic N) is 3. The molecule has 1 atom stereocenters. The highest BCUT2D eigenvalue weighted by Crippen LogP contribution is 2.29. The van der Waals surface area contributed by atoms with Crippen LogP contribution in [0.2, 0.25) is 0 Å². The van der Waals surface area contributed by atoms with Gasteiger partial charge in [0.25, 0.3) is 5.91 Å². The van der Waals surface area contributed by atoms with Crippen LogP contribution < -0.4 is 5.32 Å². The van der Waals surface area contributed by atoms with Gasteiger partial charge in [-0.05, 0) is 38.2 Å². The smallest absolute Gasteiger partial charge is 0.274 e. The van der Waals surface area contributed by atoms with Gasteiger partial charge in [0.1, 0.15) is 6.10 Å². The SMILES string of the molecule is Cc1ccc(C2Cn3cnc(C(=O)N4CCC(C(=O)NC5CCCCC5)CC4)c3CO2)cc1. The molecule has 0 radical (unpaired) electrons. The van der Waals surface area contributed by atoms with Crippen LogP contribution in [-0.2, 0) is 22.7 Å². The quantitative estimate of drug-likeness (QED) is 0.769. The molecule has 1 saturated carbocycles. The lowest BCUT2D eigenvalue weighted by molar-refractivity contribution is -0.127. The first-order valence-corrected chi connectivity index (χ1v) is 12.4. The fraction of sp³-hybridized carbons (Fsp3) is 0.577. The Balaban J connectivity index is 1.17. The number of aryl methyl sites for hydroxylation is 1. The van der Waals surface area contributed by atoms with E-state index in [0.717, 1.165) is 24.1 Å². The van der Waals surface area contributed by atoms with E-state index in [1.807, 2.05) is 9.47 Å². The molecular weight excluding hydrogens is 416 g/mol. The first-order chi connectivity index (χ1) is 16.1. The van der Waals surface area contributed by atoms with Gasteiger partial charge in [0, 0.05) is 25.0 Å². The van der Waals surface area contributed by atoms with E-state index in [0.29, 0.717) is 50.8 Å². The van der Waals surface area contributed by atoms with Crippen LogP contribution >= 0.6 is 0 Å². The van der Waals surface area contributed by atoms with Crippen molar-refractivity contribution in [3.63, 3.8) is 0 Å². The number of nitrogens with one attached hydrogen (secondary N) is 1. The number of carbonyl (C=O) groups is 2. The summed E-state index contributed by atoms with van der Waals surface area (Å²) in [5.41, 5.74) is 3.70. The maximum absolute atomic E-state index is 13.2. The van der Waals surface area contributed by atoms with E-state index in [4.69, 9.17) is 4.74 Å². The average molecular weight is 451 g/mol. The van der Waals surface area contributed by atoms with Crippen molar-refractivity contribution in [2.75, 3.05) is 13.1 Å². The molecular formula is C26H34N4O3. The van der Waals surface area contributed by atoms with E-state index in [2.05, 4.69) is 41.5 Å². The summed E-state index contributed by atoms with van der Waals surface area (Å²) in [7, 11) is 0. The minimum Gasteiger partial charge on any atom is -0.365 e. The van der Waals surface area contributed by atoms with Gasteiger partial charge in [-0.2, -0.15) is 0 Å². The van der Waals surface area contributed by atoms with Gasteiger partial charge in [0.15, 0.2) is 5.69 Å². The van der Waals surface area contributed by atoms with E-state index >= 15 is 0 Å². The molecule has 2 fully saturated rings. The summed E-state index contributed by atoms with van der Waals surface area (Å²) in [5.74, 6) is 0.127. The van der Waals surface area contributed by atoms with Gasteiger partial charge in [-0.1, -0.05) is 49.1 Å². The molecule has 1 N–H and O–H groups in total. The Morgan fingerprint density at radius 3 is 2.48 bits per heavy atom. The lowest BCUT2D eigenvalue weighted by atomic mass is 9.92. The Morgan fingerprint density at radius 1 is 1.03 bits per heavy atom. The molecule has 0 bridgehead atoms. The lowest BCUT2D eigenvalue weighted by Crippen LogP contribution is -2.46. The van der Waals surface area contributed by atoms with Crippen molar-refractivity contribution in [3.8, 4) is 0 Å². The third-order valence-corrected chi connectivity index (χ3v) is 7.49. The highest BCUT2D eigenvalue weighted by atomic mass is 16.5. The fourth-order valence-corrected chi connectivity index (χ4v) is 5.35. The van der Waals surface area contributed by atoms with E-state index in [1.54, 1.807) is 6.33 Å². The second kappa shape index (κ2) is 9.67. The number of fused-ring (bicyclic) bond motifs is 1. The predicted octanol–water partition coefficient (Wildman–Crippen LogP) is 3.76. The summed E-state index contributed by atoms with van der Waals surface area (Å²) >= 11 is 0. The number of hydrogen-bond acceptors (Lipinski definition) is 4. The van der Waals surface area contributed by atoms with Crippen molar-refractivity contribution in [2.24, 2.45) is 5.92 Å². The van der Waals surface area contributed by atoms with Crippen LogP contribution in [0, 0.1) is 12.8 Å². The number of hydrogen-bond donors (Lipinski definition) is 1. The van der Waals surface area contributed by atoms with Gasteiger partial charge in [0.05, 0.1) is 25.2 Å². The molecule has 3 heterocycles. The Bertz CT molecular complexity index is 985. The number of carbonyl (C=O) groups excluding carboxylic acids is 2. The third kappa shape index (κ3) is 4.83. The summed E-state index contributed by atoms with van der Waals surface area (Å²) in [6, 6.07) is 8.73. The molecule has 1 aromatic carbocycles. The zero-order valence-corrected chi connectivity index (χ0v) is 19.5. The van der Waals surface area contributed by atoms with Crippen LogP contribution in [0.5, 0.6) is 0 Å². The molecule has 0 spiro atoms. The molecule has 1 aliphatic carbocycles. The Kier molecular flexibility index (Phi) is 6.49. The third-order valence-electron chi connectivity index (χ3n) is 7.49. The van der Waals surface area contributed by atoms with Crippen molar-refractivity contribution in [1.82, 2.24) is 19.8 Å². The average Bonchev–Trinajstić information content (AvgIpc) is 3.28. The minimum atomic E-state index is -0.0488. The second-order valence-electron chi connectivity index (χ2n) is 9.81. The van der Waals surface area contributed by atoms with Crippen molar-refractivity contribution in [1.29, 1.82) is 0 Å². The molecule has 5 rings (SSSR count). The highest BCUT2D eigenvalue weighted by molar-refractivity contribution is 5.93. The topological polar surface area (TPSA) is 76.5 Å². The summed E-state index contributed by atoms with van der Waals surface area (Å²) in [6.45, 7) is 4.30. The van der Waals surface area contributed by atoms with Gasteiger partial charge in [-0.25, -0.2) is 4.98 Å². The summed E-state index contributed by atoms with van der Waals surface area (Å²) < 4.78 is 8.15. The van der Waals surface area contributed by atoms with Crippen LogP contribution in [0.4, 0.5) is 0 Å². The Morgan fingerprint density at radius 2 is 1.76 bits per heavy atom. The summed E-state index contributed by atoms with van der Waals surface area (Å²) in [6.07, 6.45) is 9.05. The molecule has 3 aliphatic rings. The van der Waals surface area contributed by atoms with Gasteiger partial charge < -0.3 is 19.5 Å². The van der Waals surface area contributed by atoms with Crippen LogP contribution in [0.15, 0.2) is 30.6 Å². The standard InChI is InChI=1S/C26H34N4O3/c1-18-7-9-19(10-8-18)23-15-30-17-27-24(22(30)16-33-23)26(32)29-13-11-20(12-14-29)25(31)28-21-5-3-2-4-6-21/h7-10,17,20-21,23H,2-6,11-16H2,1H3,(H,28,31). The summed E-state index contributed by atoms with van der Waals surface area (Å²) in [5, 5.41) is 3.25. The Labute approximate surface area is 195 Å². The second-order valence-corrected chi connectivity index (χ2v) is 9.81. The zero-order valence-electron chi connectivity index (χ0n) is 19.5. The number of rotatable bonds is 4. The predicted molar refractivity (Wildman–Crippen MR) is 125 cm³/mol. The fourth-order valence-electron chi connectivity index (χ4n) is 5.35. The van der Waals surface area contributed by atoms with E-state index in [1.165, 1.54) is 24.8 Å². The molecule has 1 unspecified atom stereocenters. The largest absolute Gasteiger partial charge is 0.365 e. The summed E-state index contributed by atoms with van der Waals surface area (Å²) in [4.78, 5) is 32.2. The number of aromatic nitrogens is 2. The number of amides is 2. The molecule has 33 heavy (non-hydrogen) atoms.